The van der Waals surface area contributed by atoms with Crippen molar-refractivity contribution in [3.05, 3.63) is 57.2 Å². The van der Waals surface area contributed by atoms with Crippen LogP contribution >= 0.6 is 22.6 Å². The Morgan fingerprint density at radius 3 is 2.65 bits per heavy atom. The van der Waals surface area contributed by atoms with Crippen LogP contribution in [0.1, 0.15) is 11.1 Å². The van der Waals surface area contributed by atoms with E-state index in [-0.39, 0.29) is 0 Å². The number of nitrogens with two attached hydrogens (primary N) is 1. The van der Waals surface area contributed by atoms with E-state index < -0.39 is 0 Å². The van der Waals surface area contributed by atoms with Gasteiger partial charge in [0.15, 0.2) is 0 Å². The summed E-state index contributed by atoms with van der Waals surface area (Å²) in [5, 5.41) is 8.81. The Morgan fingerprint density at radius 2 is 1.95 bits per heavy atom. The fourth-order valence-electron chi connectivity index (χ4n) is 2.15. The van der Waals surface area contributed by atoms with Crippen LogP contribution in [0.15, 0.2) is 42.5 Å². The van der Waals surface area contributed by atoms with Gasteiger partial charge in [-0.05, 0) is 58.5 Å². The van der Waals surface area contributed by atoms with E-state index in [0.29, 0.717) is 18.1 Å². The fraction of sp³-hybridized carbons (Fsp3) is 0.0667. The number of nitrogen functional groups attached to an aromatic ring is 1. The van der Waals surface area contributed by atoms with E-state index in [1.165, 1.54) is 0 Å². The lowest BCUT2D eigenvalue weighted by molar-refractivity contribution is 0.838. The Hall–Kier alpha value is -2.07. The number of rotatable bonds is 2. The van der Waals surface area contributed by atoms with E-state index in [4.69, 9.17) is 11.0 Å². The van der Waals surface area contributed by atoms with Crippen LogP contribution in [0, 0.1) is 14.9 Å². The molecular formula is C15H11IN4. The predicted molar refractivity (Wildman–Crippen MR) is 87.1 cm³/mol. The van der Waals surface area contributed by atoms with Crippen molar-refractivity contribution in [3.8, 4) is 6.07 Å². The Bertz CT molecular complexity index is 812. The molecule has 4 nitrogen and oxygen atoms in total. The molecule has 0 atom stereocenters. The number of anilines is 1. The van der Waals surface area contributed by atoms with Crippen LogP contribution in [-0.2, 0) is 6.54 Å². The van der Waals surface area contributed by atoms with E-state index in [9.17, 15) is 0 Å². The molecule has 0 saturated heterocycles. The molecule has 1 heterocycles. The standard InChI is InChI=1S/C15H11IN4/c16-12-5-6-14-13(7-12)19-15(18)20(14)9-11-3-1-10(8-17)2-4-11/h1-7H,9H2,(H2,18,19). The molecular weight excluding hydrogens is 363 g/mol. The first-order valence-corrected chi connectivity index (χ1v) is 7.15. The summed E-state index contributed by atoms with van der Waals surface area (Å²) in [4.78, 5) is 4.39. The summed E-state index contributed by atoms with van der Waals surface area (Å²) in [5.41, 5.74) is 9.68. The molecule has 2 N–H and O–H groups in total. The molecule has 0 aliphatic heterocycles. The first-order chi connectivity index (χ1) is 9.67. The van der Waals surface area contributed by atoms with Gasteiger partial charge in [0.05, 0.1) is 29.2 Å². The van der Waals surface area contributed by atoms with Gasteiger partial charge in [0, 0.05) is 3.57 Å². The molecule has 0 bridgehead atoms. The highest BCUT2D eigenvalue weighted by atomic mass is 127. The van der Waals surface area contributed by atoms with Gasteiger partial charge in [-0.25, -0.2) is 4.98 Å². The topological polar surface area (TPSA) is 67.6 Å². The molecule has 3 rings (SSSR count). The maximum absolute atomic E-state index is 8.81. The summed E-state index contributed by atoms with van der Waals surface area (Å²) in [5.74, 6) is 0.506. The van der Waals surface area contributed by atoms with Gasteiger partial charge in [-0.1, -0.05) is 12.1 Å². The quantitative estimate of drug-likeness (QED) is 0.701. The molecule has 0 spiro atoms. The average Bonchev–Trinajstić information content (AvgIpc) is 2.75. The molecule has 0 fully saturated rings. The van der Waals surface area contributed by atoms with E-state index in [2.05, 4.69) is 33.6 Å². The lowest BCUT2D eigenvalue weighted by atomic mass is 10.1. The Balaban J connectivity index is 2.01. The van der Waals surface area contributed by atoms with E-state index in [1.807, 2.05) is 47.0 Å². The first-order valence-electron chi connectivity index (χ1n) is 6.07. The fourth-order valence-corrected chi connectivity index (χ4v) is 2.63. The van der Waals surface area contributed by atoms with E-state index in [0.717, 1.165) is 20.2 Å². The van der Waals surface area contributed by atoms with Crippen LogP contribution in [-0.4, -0.2) is 9.55 Å². The molecule has 98 valence electrons. The highest BCUT2D eigenvalue weighted by Gasteiger charge is 2.08. The highest BCUT2D eigenvalue weighted by molar-refractivity contribution is 14.1. The maximum Gasteiger partial charge on any atom is 0.201 e. The zero-order valence-corrected chi connectivity index (χ0v) is 12.7. The lowest BCUT2D eigenvalue weighted by Gasteiger charge is -2.06. The third-order valence-corrected chi connectivity index (χ3v) is 3.83. The van der Waals surface area contributed by atoms with Crippen molar-refractivity contribution in [1.29, 1.82) is 5.26 Å². The zero-order chi connectivity index (χ0) is 14.1. The molecule has 20 heavy (non-hydrogen) atoms. The van der Waals surface area contributed by atoms with Crippen molar-refractivity contribution in [1.82, 2.24) is 9.55 Å². The van der Waals surface area contributed by atoms with Crippen LogP contribution in [0.4, 0.5) is 5.95 Å². The lowest BCUT2D eigenvalue weighted by Crippen LogP contribution is -2.04. The van der Waals surface area contributed by atoms with Crippen molar-refractivity contribution in [2.45, 2.75) is 6.54 Å². The minimum atomic E-state index is 0.506. The Morgan fingerprint density at radius 1 is 1.20 bits per heavy atom. The van der Waals surface area contributed by atoms with Crippen LogP contribution in [0.5, 0.6) is 0 Å². The molecule has 2 aromatic carbocycles. The molecule has 0 saturated carbocycles. The second-order valence-electron chi connectivity index (χ2n) is 4.50. The number of nitrogens with zero attached hydrogens (tertiary/aromatic N) is 3. The molecule has 0 radical (unpaired) electrons. The summed E-state index contributed by atoms with van der Waals surface area (Å²) >= 11 is 2.26. The second kappa shape index (κ2) is 5.13. The number of benzene rings is 2. The minimum absolute atomic E-state index is 0.506. The van der Waals surface area contributed by atoms with Crippen molar-refractivity contribution >= 4 is 39.6 Å². The predicted octanol–water partition coefficient (Wildman–Crippen LogP) is 3.14. The largest absolute Gasteiger partial charge is 0.369 e. The monoisotopic (exact) mass is 374 g/mol. The third-order valence-electron chi connectivity index (χ3n) is 3.16. The SMILES string of the molecule is N#Cc1ccc(Cn2c(N)nc3cc(I)ccc32)cc1. The number of hydrogen-bond acceptors (Lipinski definition) is 3. The van der Waals surface area contributed by atoms with Crippen molar-refractivity contribution in [2.75, 3.05) is 5.73 Å². The first kappa shape index (κ1) is 12.9. The summed E-state index contributed by atoms with van der Waals surface area (Å²) in [6, 6.07) is 15.7. The van der Waals surface area contributed by atoms with Crippen LogP contribution < -0.4 is 5.73 Å². The number of imidazole rings is 1. The third kappa shape index (κ3) is 2.34. The van der Waals surface area contributed by atoms with Crippen molar-refractivity contribution in [2.24, 2.45) is 0 Å². The summed E-state index contributed by atoms with van der Waals surface area (Å²) < 4.78 is 3.12. The van der Waals surface area contributed by atoms with Gasteiger partial charge in [0.25, 0.3) is 0 Å². The molecule has 0 amide bonds. The van der Waals surface area contributed by atoms with Gasteiger partial charge in [-0.2, -0.15) is 5.26 Å². The molecule has 0 aliphatic rings. The van der Waals surface area contributed by atoms with Gasteiger partial charge in [0.2, 0.25) is 5.95 Å². The van der Waals surface area contributed by atoms with E-state index in [1.54, 1.807) is 0 Å². The van der Waals surface area contributed by atoms with Crippen LogP contribution in [0.3, 0.4) is 0 Å². The minimum Gasteiger partial charge on any atom is -0.369 e. The Labute approximate surface area is 130 Å². The Kier molecular flexibility index (Phi) is 3.32. The summed E-state index contributed by atoms with van der Waals surface area (Å²) in [6.07, 6.45) is 0. The smallest absolute Gasteiger partial charge is 0.201 e. The molecule has 0 aliphatic carbocycles. The number of hydrogen-bond donors (Lipinski definition) is 1. The van der Waals surface area contributed by atoms with E-state index >= 15 is 0 Å². The average molecular weight is 374 g/mol. The van der Waals surface area contributed by atoms with Gasteiger partial charge in [-0.15, -0.1) is 0 Å². The zero-order valence-electron chi connectivity index (χ0n) is 10.5. The second-order valence-corrected chi connectivity index (χ2v) is 5.74. The number of nitriles is 1. The van der Waals surface area contributed by atoms with Crippen molar-refractivity contribution < 1.29 is 0 Å². The van der Waals surface area contributed by atoms with Gasteiger partial charge in [0.1, 0.15) is 0 Å². The van der Waals surface area contributed by atoms with Crippen LogP contribution in [0.25, 0.3) is 11.0 Å². The van der Waals surface area contributed by atoms with Gasteiger partial charge < -0.3 is 10.3 Å². The molecule has 3 aromatic rings. The molecule has 1 aromatic heterocycles. The summed E-state index contributed by atoms with van der Waals surface area (Å²) in [6.45, 7) is 0.647. The number of halogens is 1. The number of aromatic nitrogens is 2. The maximum atomic E-state index is 8.81. The normalized spacial score (nSPS) is 10.6. The highest BCUT2D eigenvalue weighted by Crippen LogP contribution is 2.21. The van der Waals surface area contributed by atoms with Crippen molar-refractivity contribution in [3.63, 3.8) is 0 Å². The number of fused-ring (bicyclic) bond motifs is 1. The van der Waals surface area contributed by atoms with Gasteiger partial charge >= 0.3 is 0 Å². The van der Waals surface area contributed by atoms with Gasteiger partial charge in [-0.3, -0.25) is 0 Å². The van der Waals surface area contributed by atoms with Crippen LogP contribution in [0.2, 0.25) is 0 Å². The summed E-state index contributed by atoms with van der Waals surface area (Å²) in [7, 11) is 0. The molecule has 5 heteroatoms. The molecule has 0 unspecified atom stereocenters.